The number of thioether (sulfide) groups is 1. The third-order valence-corrected chi connectivity index (χ3v) is 4.17. The fraction of sp³-hybridized carbons (Fsp3) is 0.333. The predicted octanol–water partition coefficient (Wildman–Crippen LogP) is 1.73. The van der Waals surface area contributed by atoms with Crippen molar-refractivity contribution in [2.24, 2.45) is 3.77 Å². The first-order valence-electron chi connectivity index (χ1n) is 1.84. The Morgan fingerprint density at radius 1 is 1.75 bits per heavy atom. The quantitative estimate of drug-likeness (QED) is 0.417. The van der Waals surface area contributed by atoms with Gasteiger partial charge in [-0.1, -0.05) is 12.2 Å². The van der Waals surface area contributed by atoms with Gasteiger partial charge >= 0.3 is 0 Å². The highest BCUT2D eigenvalue weighted by molar-refractivity contribution is 8.39. The van der Waals surface area contributed by atoms with Crippen LogP contribution in [0.3, 0.4) is 0 Å². The van der Waals surface area contributed by atoms with Crippen LogP contribution in [0.15, 0.2) is 3.77 Å². The van der Waals surface area contributed by atoms with Crippen molar-refractivity contribution in [1.29, 1.82) is 0 Å². The molecule has 0 atom stereocenters. The van der Waals surface area contributed by atoms with Gasteiger partial charge in [-0.25, -0.2) is 0 Å². The van der Waals surface area contributed by atoms with E-state index in [-0.39, 0.29) is 0 Å². The first-order chi connectivity index (χ1) is 3.84. The van der Waals surface area contributed by atoms with Gasteiger partial charge in [-0.2, -0.15) is 3.77 Å². The van der Waals surface area contributed by atoms with Gasteiger partial charge in [0, 0.05) is 11.9 Å². The number of hydrogen-bond acceptors (Lipinski definition) is 4. The predicted molar refractivity (Wildman–Crippen MR) is 48.5 cm³/mol. The van der Waals surface area contributed by atoms with Crippen LogP contribution in [0.25, 0.3) is 0 Å². The number of thiocarbonyl (C=S) groups is 1. The number of rotatable bonds is 0. The summed E-state index contributed by atoms with van der Waals surface area (Å²) in [6, 6.07) is 0. The lowest BCUT2D eigenvalue weighted by atomic mass is 10.9. The molecular weight excluding hydrogens is 178 g/mol. The van der Waals surface area contributed by atoms with Crippen molar-refractivity contribution in [3.05, 3.63) is 0 Å². The van der Waals surface area contributed by atoms with Gasteiger partial charge in [0.25, 0.3) is 0 Å². The zero-order valence-electron chi connectivity index (χ0n) is 4.08. The summed E-state index contributed by atoms with van der Waals surface area (Å²) in [6.07, 6.45) is 2.01. The summed E-state index contributed by atoms with van der Waals surface area (Å²) < 4.78 is 6.03. The van der Waals surface area contributed by atoms with E-state index in [1.165, 1.54) is 23.1 Å². The smallest absolute Gasteiger partial charge is 0.120 e. The summed E-state index contributed by atoms with van der Waals surface area (Å²) in [4.78, 5) is 0. The van der Waals surface area contributed by atoms with Gasteiger partial charge in [0.05, 0.1) is 0 Å². The third kappa shape index (κ3) is 1.34. The van der Waals surface area contributed by atoms with Crippen LogP contribution in [0.5, 0.6) is 0 Å². The molecule has 0 fully saturated rings. The van der Waals surface area contributed by atoms with Gasteiger partial charge in [-0.3, -0.25) is 0 Å². The molecule has 0 spiro atoms. The summed E-state index contributed by atoms with van der Waals surface area (Å²) in [6.45, 7) is 0. The van der Waals surface area contributed by atoms with Crippen LogP contribution in [-0.4, -0.2) is 14.6 Å². The van der Waals surface area contributed by atoms with Crippen LogP contribution in [0.2, 0.25) is 0 Å². The van der Waals surface area contributed by atoms with E-state index in [1.54, 1.807) is 11.8 Å². The molecule has 1 nitrogen and oxygen atoms in total. The average Bonchev–Trinajstić information content (AvgIpc) is 2.14. The Morgan fingerprint density at radius 3 is 2.75 bits per heavy atom. The van der Waals surface area contributed by atoms with Gasteiger partial charge in [-0.05, 0) is 17.4 Å². The van der Waals surface area contributed by atoms with E-state index >= 15 is 0 Å². The number of hydrogen-bond donors (Lipinski definition) is 0. The van der Waals surface area contributed by atoms with Crippen LogP contribution in [-0.2, 0) is 11.1 Å². The molecule has 0 aliphatic carbocycles. The minimum Gasteiger partial charge on any atom is -0.153 e. The first-order valence-corrected chi connectivity index (χ1v) is 5.02. The molecule has 0 saturated carbocycles. The van der Waals surface area contributed by atoms with E-state index in [0.717, 1.165) is 8.39 Å². The molecule has 0 amide bonds. The van der Waals surface area contributed by atoms with Gasteiger partial charge in [0.15, 0.2) is 0 Å². The molecule has 1 heterocycles. The topological polar surface area (TPSA) is 12.4 Å². The molecule has 0 saturated heterocycles. The third-order valence-electron chi connectivity index (χ3n) is 0.592. The van der Waals surface area contributed by atoms with E-state index in [2.05, 4.69) is 3.77 Å². The molecule has 8 heavy (non-hydrogen) atoms. The Kier molecular flexibility index (Phi) is 2.55. The molecule has 0 aromatic rings. The summed E-state index contributed by atoms with van der Waals surface area (Å²) in [7, 11) is 0. The highest BCUT2D eigenvalue weighted by Crippen LogP contribution is 2.17. The summed E-state index contributed by atoms with van der Waals surface area (Å²) >= 11 is 9.46. The Labute approximate surface area is 65.5 Å². The Hall–Kier alpha value is 0.680. The van der Waals surface area contributed by atoms with Crippen molar-refractivity contribution in [2.75, 3.05) is 6.26 Å². The van der Waals surface area contributed by atoms with Crippen LogP contribution >= 0.6 is 35.9 Å². The lowest BCUT2D eigenvalue weighted by molar-refractivity contribution is 2.14. The lowest BCUT2D eigenvalue weighted by Gasteiger charge is -1.87. The molecule has 0 aromatic heterocycles. The fourth-order valence-electron chi connectivity index (χ4n) is 0.281. The van der Waals surface area contributed by atoms with E-state index in [0.29, 0.717) is 0 Å². The largest absolute Gasteiger partial charge is 0.153 e. The van der Waals surface area contributed by atoms with Gasteiger partial charge in [0.2, 0.25) is 0 Å². The molecule has 44 valence electrons. The second-order valence-electron chi connectivity index (χ2n) is 1.04. The monoisotopic (exact) mass is 181 g/mol. The Morgan fingerprint density at radius 2 is 2.50 bits per heavy atom. The van der Waals surface area contributed by atoms with Crippen LogP contribution in [0.4, 0.5) is 0 Å². The van der Waals surface area contributed by atoms with Crippen LogP contribution < -0.4 is 0 Å². The summed E-state index contributed by atoms with van der Waals surface area (Å²) in [5, 5.41) is 0. The van der Waals surface area contributed by atoms with E-state index in [1.807, 2.05) is 6.26 Å². The maximum absolute atomic E-state index is 4.93. The van der Waals surface area contributed by atoms with Crippen molar-refractivity contribution in [3.63, 3.8) is 0 Å². The molecule has 0 aromatic carbocycles. The zero-order valence-corrected chi connectivity index (χ0v) is 7.35. The van der Waals surface area contributed by atoms with Crippen molar-refractivity contribution in [1.82, 2.24) is 0 Å². The summed E-state index contributed by atoms with van der Waals surface area (Å²) in [5.41, 5.74) is 0. The Balaban J connectivity index is 2.77. The van der Waals surface area contributed by atoms with Crippen LogP contribution in [0.1, 0.15) is 0 Å². The van der Waals surface area contributed by atoms with E-state index in [9.17, 15) is 0 Å². The lowest BCUT2D eigenvalue weighted by Crippen LogP contribution is -1.95. The molecule has 0 N–H and O–H groups in total. The van der Waals surface area contributed by atoms with Crippen molar-refractivity contribution < 1.29 is 0 Å². The maximum Gasteiger partial charge on any atom is 0.120 e. The SMILES string of the molecule is CSC1=S=NSC1=S. The van der Waals surface area contributed by atoms with Crippen LogP contribution in [0, 0.1) is 0 Å². The van der Waals surface area contributed by atoms with Crippen molar-refractivity contribution >= 4 is 55.5 Å². The average molecular weight is 181 g/mol. The highest BCUT2D eigenvalue weighted by Gasteiger charge is 2.07. The molecule has 1 aliphatic heterocycles. The molecule has 0 unspecified atom stereocenters. The van der Waals surface area contributed by atoms with Crippen molar-refractivity contribution in [2.45, 2.75) is 0 Å². The normalized spacial score (nSPS) is 18.1. The molecule has 1 rings (SSSR count). The van der Waals surface area contributed by atoms with Gasteiger partial charge in [0.1, 0.15) is 8.39 Å². The molecule has 0 bridgehead atoms. The Bertz CT molecular complexity index is 178. The zero-order chi connectivity index (χ0) is 5.98. The fourth-order valence-corrected chi connectivity index (χ4v) is 3.08. The minimum atomic E-state index is 0.919. The maximum atomic E-state index is 4.93. The van der Waals surface area contributed by atoms with E-state index in [4.69, 9.17) is 12.2 Å². The second-order valence-corrected chi connectivity index (χ2v) is 4.56. The minimum absolute atomic E-state index is 0.919. The molecule has 1 aliphatic rings. The standard InChI is InChI=1S/C3H3NS4/c1-6-3-2(5)7-4-8-3/h1H3. The van der Waals surface area contributed by atoms with Gasteiger partial charge in [-0.15, -0.1) is 11.8 Å². The van der Waals surface area contributed by atoms with Crippen molar-refractivity contribution in [3.8, 4) is 0 Å². The molecule has 0 radical (unpaired) electrons. The molecule has 5 heteroatoms. The highest BCUT2D eigenvalue weighted by atomic mass is 32.2. The number of nitrogens with zero attached hydrogens (tertiary/aromatic N) is 1. The molecular formula is C3H3NS4. The first kappa shape index (κ1) is 6.80. The van der Waals surface area contributed by atoms with Gasteiger partial charge < -0.3 is 0 Å². The summed E-state index contributed by atoms with van der Waals surface area (Å²) in [5.74, 6) is 0. The second kappa shape index (κ2) is 3.00. The van der Waals surface area contributed by atoms with E-state index < -0.39 is 0 Å².